The number of rotatable bonds is 0. The molecule has 2 N–H and O–H groups in total. The van der Waals surface area contributed by atoms with Crippen LogP contribution in [0, 0.1) is 0 Å². The van der Waals surface area contributed by atoms with E-state index in [-0.39, 0.29) is 11.7 Å². The Balaban J connectivity index is 2.46. The highest BCUT2D eigenvalue weighted by molar-refractivity contribution is 5.95. The number of amides is 1. The molecule has 1 aliphatic heterocycles. The van der Waals surface area contributed by atoms with Crippen molar-refractivity contribution in [2.75, 3.05) is 23.3 Å². The van der Waals surface area contributed by atoms with Crippen molar-refractivity contribution in [3.05, 3.63) is 18.2 Å². The van der Waals surface area contributed by atoms with Gasteiger partial charge in [0.15, 0.2) is 0 Å². The lowest BCUT2D eigenvalue weighted by Gasteiger charge is -2.20. The van der Waals surface area contributed by atoms with E-state index in [1.807, 2.05) is 0 Å². The van der Waals surface area contributed by atoms with E-state index in [1.165, 1.54) is 0 Å². The van der Waals surface area contributed by atoms with Gasteiger partial charge in [-0.1, -0.05) is 0 Å². The highest BCUT2D eigenvalue weighted by atomic mass is 16.3. The van der Waals surface area contributed by atoms with Crippen LogP contribution in [0.1, 0.15) is 13.3 Å². The van der Waals surface area contributed by atoms with E-state index in [0.29, 0.717) is 6.54 Å². The van der Waals surface area contributed by atoms with Gasteiger partial charge >= 0.3 is 0 Å². The second-order valence-electron chi connectivity index (χ2n) is 3.65. The van der Waals surface area contributed by atoms with Crippen molar-refractivity contribution < 1.29 is 9.90 Å². The normalized spacial score (nSPS) is 15.1. The minimum absolute atomic E-state index is 0.00514. The van der Waals surface area contributed by atoms with E-state index in [2.05, 4.69) is 5.32 Å². The standard InChI is InChI=1S/C11H14N2O2/c1-8(14)13-6-2-5-12-10-4-3-9(15)7-11(10)13/h3-4,7,12,15H,2,5-6H2,1H3. The average Bonchev–Trinajstić information content (AvgIpc) is 2.39. The van der Waals surface area contributed by atoms with Crippen molar-refractivity contribution in [1.82, 2.24) is 0 Å². The van der Waals surface area contributed by atoms with Crippen LogP contribution in [0.5, 0.6) is 5.75 Å². The first-order chi connectivity index (χ1) is 7.18. The van der Waals surface area contributed by atoms with Crippen molar-refractivity contribution in [3.8, 4) is 5.75 Å². The zero-order valence-electron chi connectivity index (χ0n) is 8.66. The zero-order chi connectivity index (χ0) is 10.8. The maximum atomic E-state index is 11.4. The molecule has 1 heterocycles. The molecule has 1 aromatic carbocycles. The van der Waals surface area contributed by atoms with Gasteiger partial charge in [-0.3, -0.25) is 4.79 Å². The molecule has 2 rings (SSSR count). The van der Waals surface area contributed by atoms with Crippen molar-refractivity contribution >= 4 is 17.3 Å². The Bertz CT molecular complexity index is 390. The average molecular weight is 206 g/mol. The lowest BCUT2D eigenvalue weighted by Crippen LogP contribution is -2.28. The van der Waals surface area contributed by atoms with E-state index in [4.69, 9.17) is 0 Å². The number of nitrogens with one attached hydrogen (secondary N) is 1. The first kappa shape index (κ1) is 9.83. The van der Waals surface area contributed by atoms with Gasteiger partial charge < -0.3 is 15.3 Å². The molecule has 0 saturated carbocycles. The van der Waals surface area contributed by atoms with Crippen LogP contribution in [0.2, 0.25) is 0 Å². The molecule has 0 aliphatic carbocycles. The van der Waals surface area contributed by atoms with E-state index in [9.17, 15) is 9.90 Å². The lowest BCUT2D eigenvalue weighted by molar-refractivity contribution is -0.116. The third kappa shape index (κ3) is 1.88. The monoisotopic (exact) mass is 206 g/mol. The summed E-state index contributed by atoms with van der Waals surface area (Å²) in [4.78, 5) is 13.1. The van der Waals surface area contributed by atoms with Crippen LogP contribution < -0.4 is 10.2 Å². The Morgan fingerprint density at radius 2 is 2.33 bits per heavy atom. The maximum Gasteiger partial charge on any atom is 0.223 e. The van der Waals surface area contributed by atoms with Gasteiger partial charge in [0.1, 0.15) is 5.75 Å². The molecule has 4 heteroatoms. The zero-order valence-corrected chi connectivity index (χ0v) is 8.66. The van der Waals surface area contributed by atoms with Gasteiger partial charge in [0.2, 0.25) is 5.91 Å². The Morgan fingerprint density at radius 3 is 3.07 bits per heavy atom. The van der Waals surface area contributed by atoms with E-state index in [1.54, 1.807) is 30.0 Å². The number of phenolic OH excluding ortho intramolecular Hbond substituents is 1. The van der Waals surface area contributed by atoms with Gasteiger partial charge in [0, 0.05) is 26.1 Å². The summed E-state index contributed by atoms with van der Waals surface area (Å²) < 4.78 is 0. The predicted octanol–water partition coefficient (Wildman–Crippen LogP) is 1.56. The Hall–Kier alpha value is -1.71. The fourth-order valence-corrected chi connectivity index (χ4v) is 1.80. The number of aromatic hydroxyl groups is 1. The van der Waals surface area contributed by atoms with Gasteiger partial charge in [-0.2, -0.15) is 0 Å². The molecule has 0 atom stereocenters. The fraction of sp³-hybridized carbons (Fsp3) is 0.364. The van der Waals surface area contributed by atoms with Gasteiger partial charge in [0.25, 0.3) is 0 Å². The van der Waals surface area contributed by atoms with Gasteiger partial charge in [-0.05, 0) is 18.6 Å². The third-order valence-electron chi connectivity index (χ3n) is 2.53. The Kier molecular flexibility index (Phi) is 2.49. The molecule has 0 aromatic heterocycles. The number of anilines is 2. The first-order valence-corrected chi connectivity index (χ1v) is 5.03. The molecule has 0 saturated heterocycles. The van der Waals surface area contributed by atoms with Crippen molar-refractivity contribution in [3.63, 3.8) is 0 Å². The Labute approximate surface area is 88.5 Å². The maximum absolute atomic E-state index is 11.4. The second kappa shape index (κ2) is 3.81. The summed E-state index contributed by atoms with van der Waals surface area (Å²) >= 11 is 0. The molecular weight excluding hydrogens is 192 g/mol. The lowest BCUT2D eigenvalue weighted by atomic mass is 10.2. The number of carbonyl (C=O) groups is 1. The SMILES string of the molecule is CC(=O)N1CCCNc2ccc(O)cc21. The van der Waals surface area contributed by atoms with Crippen LogP contribution in [0.4, 0.5) is 11.4 Å². The largest absolute Gasteiger partial charge is 0.508 e. The van der Waals surface area contributed by atoms with Crippen LogP contribution in [0.25, 0.3) is 0 Å². The molecule has 0 spiro atoms. The van der Waals surface area contributed by atoms with Gasteiger partial charge in [0.05, 0.1) is 11.4 Å². The summed E-state index contributed by atoms with van der Waals surface area (Å²) in [5.74, 6) is 0.189. The highest BCUT2D eigenvalue weighted by Gasteiger charge is 2.18. The van der Waals surface area contributed by atoms with Crippen LogP contribution in [0.15, 0.2) is 18.2 Å². The Morgan fingerprint density at radius 1 is 1.53 bits per heavy atom. The number of benzene rings is 1. The predicted molar refractivity (Wildman–Crippen MR) is 59.2 cm³/mol. The van der Waals surface area contributed by atoms with Crippen molar-refractivity contribution in [1.29, 1.82) is 0 Å². The number of nitrogens with zero attached hydrogens (tertiary/aromatic N) is 1. The minimum atomic E-state index is 0.00514. The molecular formula is C11H14N2O2. The first-order valence-electron chi connectivity index (χ1n) is 5.03. The van der Waals surface area contributed by atoms with E-state index >= 15 is 0 Å². The number of hydrogen-bond donors (Lipinski definition) is 2. The topological polar surface area (TPSA) is 52.6 Å². The fourth-order valence-electron chi connectivity index (χ4n) is 1.80. The van der Waals surface area contributed by atoms with Gasteiger partial charge in [-0.25, -0.2) is 0 Å². The second-order valence-corrected chi connectivity index (χ2v) is 3.65. The number of hydrogen-bond acceptors (Lipinski definition) is 3. The highest BCUT2D eigenvalue weighted by Crippen LogP contribution is 2.31. The molecule has 0 bridgehead atoms. The molecule has 0 radical (unpaired) electrons. The van der Waals surface area contributed by atoms with Crippen LogP contribution in [-0.4, -0.2) is 24.1 Å². The smallest absolute Gasteiger partial charge is 0.223 e. The molecule has 1 aromatic rings. The molecule has 1 aliphatic rings. The number of carbonyl (C=O) groups excluding carboxylic acids is 1. The summed E-state index contributed by atoms with van der Waals surface area (Å²) in [6.45, 7) is 3.08. The van der Waals surface area contributed by atoms with E-state index < -0.39 is 0 Å². The van der Waals surface area contributed by atoms with Crippen LogP contribution in [-0.2, 0) is 4.79 Å². The van der Waals surface area contributed by atoms with Gasteiger partial charge in [-0.15, -0.1) is 0 Å². The summed E-state index contributed by atoms with van der Waals surface area (Å²) in [5, 5.41) is 12.6. The molecule has 15 heavy (non-hydrogen) atoms. The number of phenols is 1. The van der Waals surface area contributed by atoms with Crippen LogP contribution in [0.3, 0.4) is 0 Å². The third-order valence-corrected chi connectivity index (χ3v) is 2.53. The minimum Gasteiger partial charge on any atom is -0.508 e. The molecule has 1 amide bonds. The summed E-state index contributed by atoms with van der Waals surface area (Å²) in [6.07, 6.45) is 0.912. The van der Waals surface area contributed by atoms with Crippen LogP contribution >= 0.6 is 0 Å². The van der Waals surface area contributed by atoms with E-state index in [0.717, 1.165) is 24.3 Å². The molecule has 0 unspecified atom stereocenters. The number of fused-ring (bicyclic) bond motifs is 1. The summed E-state index contributed by atoms with van der Waals surface area (Å²) in [5.41, 5.74) is 1.67. The summed E-state index contributed by atoms with van der Waals surface area (Å²) in [7, 11) is 0. The van der Waals surface area contributed by atoms with Crippen molar-refractivity contribution in [2.45, 2.75) is 13.3 Å². The summed E-state index contributed by atoms with van der Waals surface area (Å²) in [6, 6.07) is 5.04. The molecule has 0 fully saturated rings. The molecule has 80 valence electrons. The quantitative estimate of drug-likeness (QED) is 0.633. The molecule has 4 nitrogen and oxygen atoms in total. The van der Waals surface area contributed by atoms with Crippen molar-refractivity contribution in [2.24, 2.45) is 0 Å².